The Morgan fingerprint density at radius 1 is 1.33 bits per heavy atom. The van der Waals surface area contributed by atoms with Gasteiger partial charge in [-0.05, 0) is 24.3 Å². The highest BCUT2D eigenvalue weighted by Gasteiger charge is 2.15. The number of aromatic nitrogens is 1. The molecule has 0 saturated heterocycles. The van der Waals surface area contributed by atoms with Gasteiger partial charge in [0.15, 0.2) is 5.78 Å². The van der Waals surface area contributed by atoms with Crippen LogP contribution in [-0.4, -0.2) is 17.9 Å². The highest BCUT2D eigenvalue weighted by molar-refractivity contribution is 7.17. The summed E-state index contributed by atoms with van der Waals surface area (Å²) in [6.45, 7) is 3.82. The van der Waals surface area contributed by atoms with Crippen LogP contribution >= 0.6 is 11.3 Å². The maximum absolute atomic E-state index is 11.9. The smallest absolute Gasteiger partial charge is 0.221 e. The Hall–Kier alpha value is -1.68. The topological polar surface area (TPSA) is 39.2 Å². The number of hydrogen-bond donors (Lipinski definition) is 0. The van der Waals surface area contributed by atoms with Gasteiger partial charge in [0, 0.05) is 17.0 Å². The second kappa shape index (κ2) is 5.31. The second-order valence-electron chi connectivity index (χ2n) is 4.24. The molecule has 3 nitrogen and oxygen atoms in total. The van der Waals surface area contributed by atoms with Crippen LogP contribution in [0.25, 0.3) is 10.4 Å². The fourth-order valence-electron chi connectivity index (χ4n) is 1.64. The lowest BCUT2D eigenvalue weighted by Gasteiger charge is -2.04. The van der Waals surface area contributed by atoms with E-state index in [0.29, 0.717) is 5.88 Å². The summed E-state index contributed by atoms with van der Waals surface area (Å²) in [6, 6.07) is 7.62. The Labute approximate surface area is 110 Å². The molecule has 0 bridgehead atoms. The molecule has 2 heterocycles. The lowest BCUT2D eigenvalue weighted by atomic mass is 10.1. The number of carbonyl (C=O) groups is 1. The average molecular weight is 261 g/mol. The number of ether oxygens (including phenoxy) is 1. The lowest BCUT2D eigenvalue weighted by molar-refractivity contribution is 0.0943. The monoisotopic (exact) mass is 261 g/mol. The molecule has 0 aliphatic rings. The van der Waals surface area contributed by atoms with Gasteiger partial charge in [-0.1, -0.05) is 13.8 Å². The molecule has 0 spiro atoms. The molecule has 0 fully saturated rings. The minimum atomic E-state index is 0.0206. The van der Waals surface area contributed by atoms with Crippen LogP contribution < -0.4 is 4.74 Å². The molecule has 0 atom stereocenters. The third kappa shape index (κ3) is 2.43. The van der Waals surface area contributed by atoms with Gasteiger partial charge in [0.25, 0.3) is 0 Å². The molecule has 0 unspecified atom stereocenters. The van der Waals surface area contributed by atoms with Crippen molar-refractivity contribution in [2.24, 2.45) is 5.92 Å². The Morgan fingerprint density at radius 3 is 2.78 bits per heavy atom. The van der Waals surface area contributed by atoms with Crippen LogP contribution in [0.15, 0.2) is 30.5 Å². The maximum Gasteiger partial charge on any atom is 0.221 e. The number of Topliss-reactive ketones (excluding diaryl/α,β-unsaturated/α-hetero) is 1. The van der Waals surface area contributed by atoms with Crippen molar-refractivity contribution in [3.8, 4) is 16.3 Å². The first-order valence-electron chi connectivity index (χ1n) is 5.77. The zero-order valence-corrected chi connectivity index (χ0v) is 11.5. The van der Waals surface area contributed by atoms with Crippen molar-refractivity contribution < 1.29 is 9.53 Å². The third-order valence-corrected chi connectivity index (χ3v) is 3.74. The fourth-order valence-corrected chi connectivity index (χ4v) is 2.75. The van der Waals surface area contributed by atoms with Crippen molar-refractivity contribution >= 4 is 17.1 Å². The number of methoxy groups -OCH3 is 1. The standard InChI is InChI=1S/C14H15NO2S/c1-9(2)13(16)12-7-6-11(18-12)10-5-4-8-15-14(10)17-3/h4-9H,1-3H3. The zero-order valence-electron chi connectivity index (χ0n) is 10.6. The van der Waals surface area contributed by atoms with E-state index in [9.17, 15) is 4.79 Å². The van der Waals surface area contributed by atoms with Crippen LogP contribution in [0, 0.1) is 5.92 Å². The minimum Gasteiger partial charge on any atom is -0.481 e. The molecule has 0 aliphatic heterocycles. The van der Waals surface area contributed by atoms with E-state index >= 15 is 0 Å². The lowest BCUT2D eigenvalue weighted by Crippen LogP contribution is -2.04. The van der Waals surface area contributed by atoms with Crippen molar-refractivity contribution in [2.45, 2.75) is 13.8 Å². The Bertz CT molecular complexity index is 560. The summed E-state index contributed by atoms with van der Waals surface area (Å²) < 4.78 is 5.23. The van der Waals surface area contributed by atoms with E-state index in [1.165, 1.54) is 11.3 Å². The predicted octanol–water partition coefficient (Wildman–Crippen LogP) is 3.66. The molecule has 18 heavy (non-hydrogen) atoms. The average Bonchev–Trinajstić information content (AvgIpc) is 2.87. The number of thiophene rings is 1. The molecule has 2 rings (SSSR count). The summed E-state index contributed by atoms with van der Waals surface area (Å²) in [5.74, 6) is 0.782. The van der Waals surface area contributed by atoms with E-state index in [0.717, 1.165) is 15.3 Å². The molecule has 0 radical (unpaired) electrons. The molecule has 2 aromatic heterocycles. The summed E-state index contributed by atoms with van der Waals surface area (Å²) in [4.78, 5) is 17.9. The van der Waals surface area contributed by atoms with Gasteiger partial charge < -0.3 is 4.74 Å². The Morgan fingerprint density at radius 2 is 2.11 bits per heavy atom. The molecule has 94 valence electrons. The van der Waals surface area contributed by atoms with E-state index in [1.54, 1.807) is 13.3 Å². The summed E-state index contributed by atoms with van der Waals surface area (Å²) in [6.07, 6.45) is 1.69. The maximum atomic E-state index is 11.9. The molecule has 2 aromatic rings. The largest absolute Gasteiger partial charge is 0.481 e. The number of hydrogen-bond acceptors (Lipinski definition) is 4. The van der Waals surface area contributed by atoms with Crippen LogP contribution in [0.2, 0.25) is 0 Å². The molecule has 0 N–H and O–H groups in total. The van der Waals surface area contributed by atoms with Gasteiger partial charge in [0.2, 0.25) is 5.88 Å². The van der Waals surface area contributed by atoms with Crippen molar-refractivity contribution in [3.05, 3.63) is 35.3 Å². The number of rotatable bonds is 4. The van der Waals surface area contributed by atoms with Crippen LogP contribution in [0.5, 0.6) is 5.88 Å². The van der Waals surface area contributed by atoms with Gasteiger partial charge in [0.05, 0.1) is 17.6 Å². The summed E-state index contributed by atoms with van der Waals surface area (Å²) in [5.41, 5.74) is 0.924. The SMILES string of the molecule is COc1ncccc1-c1ccc(C(=O)C(C)C)s1. The Balaban J connectivity index is 2.38. The van der Waals surface area contributed by atoms with E-state index in [4.69, 9.17) is 4.74 Å². The third-order valence-electron chi connectivity index (χ3n) is 2.60. The summed E-state index contributed by atoms with van der Waals surface area (Å²) in [7, 11) is 1.60. The minimum absolute atomic E-state index is 0.0206. The molecule has 0 saturated carbocycles. The molecule has 0 aromatic carbocycles. The summed E-state index contributed by atoms with van der Waals surface area (Å²) in [5, 5.41) is 0. The summed E-state index contributed by atoms with van der Waals surface area (Å²) >= 11 is 1.48. The van der Waals surface area contributed by atoms with Crippen molar-refractivity contribution in [1.29, 1.82) is 0 Å². The van der Waals surface area contributed by atoms with Gasteiger partial charge in [-0.25, -0.2) is 4.98 Å². The first-order valence-corrected chi connectivity index (χ1v) is 6.58. The number of nitrogens with zero attached hydrogens (tertiary/aromatic N) is 1. The van der Waals surface area contributed by atoms with Crippen LogP contribution in [-0.2, 0) is 0 Å². The predicted molar refractivity (Wildman–Crippen MR) is 73.3 cm³/mol. The van der Waals surface area contributed by atoms with Crippen molar-refractivity contribution in [3.63, 3.8) is 0 Å². The fraction of sp³-hybridized carbons (Fsp3) is 0.286. The van der Waals surface area contributed by atoms with Crippen molar-refractivity contribution in [2.75, 3.05) is 7.11 Å². The zero-order chi connectivity index (χ0) is 13.1. The molecule has 4 heteroatoms. The second-order valence-corrected chi connectivity index (χ2v) is 5.33. The molecular weight excluding hydrogens is 246 g/mol. The molecular formula is C14H15NO2S. The van der Waals surface area contributed by atoms with Gasteiger partial charge in [-0.2, -0.15) is 0 Å². The van der Waals surface area contributed by atoms with Crippen LogP contribution in [0.3, 0.4) is 0 Å². The van der Waals surface area contributed by atoms with Gasteiger partial charge in [-0.15, -0.1) is 11.3 Å². The first-order chi connectivity index (χ1) is 8.63. The highest BCUT2D eigenvalue weighted by atomic mass is 32.1. The van der Waals surface area contributed by atoms with Crippen LogP contribution in [0.4, 0.5) is 0 Å². The number of carbonyl (C=O) groups excluding carboxylic acids is 1. The van der Waals surface area contributed by atoms with Crippen molar-refractivity contribution in [1.82, 2.24) is 4.98 Å². The van der Waals surface area contributed by atoms with Crippen LogP contribution in [0.1, 0.15) is 23.5 Å². The highest BCUT2D eigenvalue weighted by Crippen LogP contribution is 2.34. The van der Waals surface area contributed by atoms with Gasteiger partial charge in [-0.3, -0.25) is 4.79 Å². The Kier molecular flexibility index (Phi) is 3.77. The van der Waals surface area contributed by atoms with E-state index in [-0.39, 0.29) is 11.7 Å². The van der Waals surface area contributed by atoms with Gasteiger partial charge in [0.1, 0.15) is 0 Å². The van der Waals surface area contributed by atoms with E-state index < -0.39 is 0 Å². The molecule has 0 amide bonds. The van der Waals surface area contributed by atoms with E-state index in [1.807, 2.05) is 38.1 Å². The van der Waals surface area contributed by atoms with E-state index in [2.05, 4.69) is 4.98 Å². The quantitative estimate of drug-likeness (QED) is 0.788. The number of ketones is 1. The van der Waals surface area contributed by atoms with Gasteiger partial charge >= 0.3 is 0 Å². The first kappa shape index (κ1) is 12.8. The number of pyridine rings is 1. The molecule has 0 aliphatic carbocycles. The normalized spacial score (nSPS) is 10.7.